The number of anilines is 2. The molecule has 0 fully saturated rings. The van der Waals surface area contributed by atoms with E-state index in [1.54, 1.807) is 13.0 Å². The molecule has 2 N–H and O–H groups in total. The highest BCUT2D eigenvalue weighted by atomic mass is 32.2. The molecule has 3 aromatic carbocycles. The van der Waals surface area contributed by atoms with Crippen LogP contribution in [0.3, 0.4) is 0 Å². The van der Waals surface area contributed by atoms with E-state index in [4.69, 9.17) is 0 Å². The number of hydrogen-bond donors (Lipinski definition) is 2. The summed E-state index contributed by atoms with van der Waals surface area (Å²) in [5, 5.41) is 3.51. The zero-order valence-corrected chi connectivity index (χ0v) is 19.4. The summed E-state index contributed by atoms with van der Waals surface area (Å²) in [6, 6.07) is 13.6. The van der Waals surface area contributed by atoms with E-state index < -0.39 is 27.2 Å². The summed E-state index contributed by atoms with van der Waals surface area (Å²) in [5.41, 5.74) is 1.78. The van der Waals surface area contributed by atoms with Gasteiger partial charge in [-0.25, -0.2) is 17.2 Å². The van der Waals surface area contributed by atoms with Gasteiger partial charge in [0, 0.05) is 22.2 Å². The number of aromatic nitrogens is 1. The van der Waals surface area contributed by atoms with Crippen molar-refractivity contribution in [3.05, 3.63) is 101 Å². The van der Waals surface area contributed by atoms with Crippen molar-refractivity contribution in [1.29, 1.82) is 0 Å². The first-order valence-corrected chi connectivity index (χ1v) is 12.1. The van der Waals surface area contributed by atoms with E-state index in [2.05, 4.69) is 16.9 Å². The molecule has 1 heterocycles. The molecular formula is C26H20F2N2O4S. The van der Waals surface area contributed by atoms with Gasteiger partial charge in [0.1, 0.15) is 17.9 Å². The molecule has 0 atom stereocenters. The number of hydrogen-bond acceptors (Lipinski definition) is 5. The third kappa shape index (κ3) is 5.04. The lowest BCUT2D eigenvalue weighted by Crippen LogP contribution is -2.15. The van der Waals surface area contributed by atoms with Crippen molar-refractivity contribution >= 4 is 44.2 Å². The number of carbonyl (C=O) groups excluding carboxylic acids is 2. The number of fused-ring (bicyclic) bond motifs is 1. The summed E-state index contributed by atoms with van der Waals surface area (Å²) < 4.78 is 53.3. The molecule has 0 saturated carbocycles. The van der Waals surface area contributed by atoms with E-state index in [0.717, 1.165) is 0 Å². The summed E-state index contributed by atoms with van der Waals surface area (Å²) in [5.74, 6) is -2.21. The molecular weight excluding hydrogens is 474 g/mol. The Hall–Kier alpha value is -4.11. The molecule has 0 aliphatic carbocycles. The molecule has 0 aliphatic heterocycles. The number of halogens is 2. The van der Waals surface area contributed by atoms with Gasteiger partial charge in [-0.3, -0.25) is 9.59 Å². The van der Waals surface area contributed by atoms with E-state index in [1.807, 2.05) is 0 Å². The van der Waals surface area contributed by atoms with Gasteiger partial charge in [-0.15, -0.1) is 0 Å². The standard InChI is InChI=1S/C26H20F2N2O4S/c1-15-9-19(5-8-22(15)28)29-23-10-18(27)11-24-21(23)12-25(30-24)26(32)16(2)14-35(33,34)20-6-3-17(13-31)4-7-20/h3-13,29-30H,2,14H2,1H3. The van der Waals surface area contributed by atoms with Crippen molar-refractivity contribution in [3.8, 4) is 0 Å². The number of benzene rings is 3. The van der Waals surface area contributed by atoms with Gasteiger partial charge in [0.25, 0.3) is 0 Å². The van der Waals surface area contributed by atoms with Crippen molar-refractivity contribution in [2.75, 3.05) is 11.1 Å². The minimum absolute atomic E-state index is 0.0421. The number of carbonyl (C=O) groups is 2. The van der Waals surface area contributed by atoms with Gasteiger partial charge in [-0.05, 0) is 61.0 Å². The van der Waals surface area contributed by atoms with Crippen LogP contribution < -0.4 is 5.32 Å². The van der Waals surface area contributed by atoms with E-state index in [0.29, 0.717) is 39.7 Å². The summed E-state index contributed by atoms with van der Waals surface area (Å²) >= 11 is 0. The molecule has 35 heavy (non-hydrogen) atoms. The van der Waals surface area contributed by atoms with Crippen molar-refractivity contribution in [2.24, 2.45) is 0 Å². The van der Waals surface area contributed by atoms with Gasteiger partial charge in [-0.2, -0.15) is 0 Å². The van der Waals surface area contributed by atoms with Crippen LogP contribution in [-0.2, 0) is 9.84 Å². The number of H-pyrrole nitrogens is 1. The quantitative estimate of drug-likeness (QED) is 0.191. The SMILES string of the molecule is C=C(CS(=O)(=O)c1ccc(C=O)cc1)C(=O)c1cc2c(Nc3ccc(F)c(C)c3)cc(F)cc2[nH]1. The van der Waals surface area contributed by atoms with Crippen LogP contribution in [0.25, 0.3) is 10.9 Å². The zero-order valence-electron chi connectivity index (χ0n) is 18.6. The van der Waals surface area contributed by atoms with Crippen LogP contribution in [0.5, 0.6) is 0 Å². The number of sulfone groups is 1. The molecule has 0 unspecified atom stereocenters. The Morgan fingerprint density at radius 2 is 1.77 bits per heavy atom. The minimum atomic E-state index is -3.88. The van der Waals surface area contributed by atoms with Gasteiger partial charge in [0.2, 0.25) is 5.78 Å². The predicted molar refractivity (Wildman–Crippen MR) is 130 cm³/mol. The lowest BCUT2D eigenvalue weighted by atomic mass is 10.1. The van der Waals surface area contributed by atoms with Crippen LogP contribution in [0.1, 0.15) is 26.4 Å². The highest BCUT2D eigenvalue weighted by molar-refractivity contribution is 7.91. The van der Waals surface area contributed by atoms with Gasteiger partial charge in [-0.1, -0.05) is 18.7 Å². The first-order chi connectivity index (χ1) is 16.6. The lowest BCUT2D eigenvalue weighted by molar-refractivity contribution is 0.103. The van der Waals surface area contributed by atoms with Crippen LogP contribution >= 0.6 is 0 Å². The Kier molecular flexibility index (Phi) is 6.36. The molecule has 4 rings (SSSR count). The van der Waals surface area contributed by atoms with Crippen molar-refractivity contribution in [3.63, 3.8) is 0 Å². The van der Waals surface area contributed by atoms with Crippen molar-refractivity contribution in [1.82, 2.24) is 4.98 Å². The fourth-order valence-electron chi connectivity index (χ4n) is 3.63. The third-order valence-corrected chi connectivity index (χ3v) is 7.16. The summed E-state index contributed by atoms with van der Waals surface area (Å²) in [6.45, 7) is 5.24. The van der Waals surface area contributed by atoms with Gasteiger partial charge in [0.15, 0.2) is 9.84 Å². The van der Waals surface area contributed by atoms with Crippen LogP contribution in [0, 0.1) is 18.6 Å². The van der Waals surface area contributed by atoms with Crippen LogP contribution in [0.4, 0.5) is 20.2 Å². The number of aldehydes is 1. The smallest absolute Gasteiger partial charge is 0.205 e. The Bertz CT molecular complexity index is 1590. The third-order valence-electron chi connectivity index (χ3n) is 5.45. The van der Waals surface area contributed by atoms with Crippen molar-refractivity contribution in [2.45, 2.75) is 11.8 Å². The Labute approximate surface area is 200 Å². The molecule has 0 aliphatic rings. The monoisotopic (exact) mass is 494 g/mol. The number of aromatic amines is 1. The fourth-order valence-corrected chi connectivity index (χ4v) is 4.94. The topological polar surface area (TPSA) is 96.1 Å². The first-order valence-electron chi connectivity index (χ1n) is 10.4. The predicted octanol–water partition coefficient (Wildman–Crippen LogP) is 5.52. The molecule has 1 aromatic heterocycles. The minimum Gasteiger partial charge on any atom is -0.355 e. The van der Waals surface area contributed by atoms with E-state index in [-0.39, 0.29) is 22.0 Å². The second-order valence-corrected chi connectivity index (χ2v) is 10.1. The maximum absolute atomic E-state index is 14.3. The number of rotatable bonds is 8. The number of nitrogens with one attached hydrogen (secondary N) is 2. The van der Waals surface area contributed by atoms with Gasteiger partial charge in [0.05, 0.1) is 27.5 Å². The van der Waals surface area contributed by atoms with Gasteiger partial charge < -0.3 is 10.3 Å². The molecule has 178 valence electrons. The lowest BCUT2D eigenvalue weighted by Gasteiger charge is -2.09. The molecule has 0 radical (unpaired) electrons. The average molecular weight is 495 g/mol. The second-order valence-electron chi connectivity index (χ2n) is 8.07. The van der Waals surface area contributed by atoms with E-state index >= 15 is 0 Å². The summed E-state index contributed by atoms with van der Waals surface area (Å²) in [7, 11) is -3.88. The molecule has 0 amide bonds. The van der Waals surface area contributed by atoms with Crippen molar-refractivity contribution < 1.29 is 26.8 Å². The van der Waals surface area contributed by atoms with Crippen LogP contribution in [0.2, 0.25) is 0 Å². The Morgan fingerprint density at radius 3 is 2.43 bits per heavy atom. The highest BCUT2D eigenvalue weighted by Crippen LogP contribution is 2.30. The van der Waals surface area contributed by atoms with Crippen LogP contribution in [0.15, 0.2) is 77.7 Å². The van der Waals surface area contributed by atoms with E-state index in [9.17, 15) is 26.8 Å². The zero-order chi connectivity index (χ0) is 25.3. The highest BCUT2D eigenvalue weighted by Gasteiger charge is 2.22. The maximum atomic E-state index is 14.3. The fraction of sp³-hybridized carbons (Fsp3) is 0.0769. The average Bonchev–Trinajstić information content (AvgIpc) is 3.25. The molecule has 9 heteroatoms. The molecule has 0 saturated heterocycles. The molecule has 0 bridgehead atoms. The second kappa shape index (κ2) is 9.27. The van der Waals surface area contributed by atoms with Crippen LogP contribution in [-0.4, -0.2) is 31.2 Å². The summed E-state index contributed by atoms with van der Waals surface area (Å²) in [4.78, 5) is 26.5. The first kappa shape index (κ1) is 24.0. The summed E-state index contributed by atoms with van der Waals surface area (Å²) in [6.07, 6.45) is 0.595. The van der Waals surface area contributed by atoms with Gasteiger partial charge >= 0.3 is 0 Å². The van der Waals surface area contributed by atoms with E-state index in [1.165, 1.54) is 54.6 Å². The Morgan fingerprint density at radius 1 is 1.06 bits per heavy atom. The largest absolute Gasteiger partial charge is 0.355 e. The number of aryl methyl sites for hydroxylation is 1. The number of Topliss-reactive ketones (excluding diaryl/α,β-unsaturated/α-hetero) is 1. The molecule has 0 spiro atoms. The molecule has 6 nitrogen and oxygen atoms in total. The Balaban J connectivity index is 1.61. The molecule has 4 aromatic rings. The maximum Gasteiger partial charge on any atom is 0.205 e. The normalized spacial score (nSPS) is 11.4. The number of ketones is 1.